The van der Waals surface area contributed by atoms with Gasteiger partial charge in [0.15, 0.2) is 0 Å². The quantitative estimate of drug-likeness (QED) is 0.474. The van der Waals surface area contributed by atoms with Crippen LogP contribution < -0.4 is 10.6 Å². The molecule has 2 aromatic carbocycles. The van der Waals surface area contributed by atoms with Crippen LogP contribution in [0.25, 0.3) is 11.1 Å². The molecule has 0 aliphatic heterocycles. The van der Waals surface area contributed by atoms with Gasteiger partial charge >= 0.3 is 18.2 Å². The number of aliphatic carboxylic acids is 1. The minimum atomic E-state index is -4.89. The van der Waals surface area contributed by atoms with Gasteiger partial charge in [0.25, 0.3) is 0 Å². The molecule has 0 saturated carbocycles. The van der Waals surface area contributed by atoms with Gasteiger partial charge in [0.2, 0.25) is 5.91 Å². The average molecular weight is 492 g/mol. The molecular weight excluding hydrogens is 465 g/mol. The van der Waals surface area contributed by atoms with E-state index in [9.17, 15) is 27.6 Å². The van der Waals surface area contributed by atoms with Gasteiger partial charge in [-0.3, -0.25) is 9.59 Å². The molecular formula is C25H27F3N2O5. The van der Waals surface area contributed by atoms with Crippen LogP contribution in [-0.2, 0) is 14.3 Å². The van der Waals surface area contributed by atoms with E-state index in [4.69, 9.17) is 9.84 Å². The Morgan fingerprint density at radius 3 is 2.06 bits per heavy atom. The summed E-state index contributed by atoms with van der Waals surface area (Å²) >= 11 is 0. The van der Waals surface area contributed by atoms with E-state index >= 15 is 0 Å². The molecule has 2 aromatic rings. The number of hydrogen-bond acceptors (Lipinski definition) is 4. The van der Waals surface area contributed by atoms with Gasteiger partial charge in [-0.1, -0.05) is 48.5 Å². The Balaban J connectivity index is 1.53. The van der Waals surface area contributed by atoms with E-state index in [2.05, 4.69) is 5.32 Å². The van der Waals surface area contributed by atoms with Crippen molar-refractivity contribution >= 4 is 18.0 Å². The zero-order valence-corrected chi connectivity index (χ0v) is 19.3. The first kappa shape index (κ1) is 26.1. The van der Waals surface area contributed by atoms with E-state index in [1.807, 2.05) is 48.5 Å². The topological polar surface area (TPSA) is 105 Å². The van der Waals surface area contributed by atoms with Crippen molar-refractivity contribution in [3.8, 4) is 11.1 Å². The highest BCUT2D eigenvalue weighted by molar-refractivity contribution is 5.79. The smallest absolute Gasteiger partial charge is 0.409 e. The van der Waals surface area contributed by atoms with E-state index in [0.29, 0.717) is 0 Å². The summed E-state index contributed by atoms with van der Waals surface area (Å²) in [6.45, 7) is 3.32. The number of alkyl carbamates (subject to hydrolysis) is 1. The number of alkyl halides is 3. The Labute approximate surface area is 200 Å². The first-order chi connectivity index (χ1) is 16.4. The number of halogens is 3. The average Bonchev–Trinajstić information content (AvgIpc) is 3.08. The number of carbonyl (C=O) groups excluding carboxylic acids is 2. The molecule has 3 N–H and O–H groups in total. The lowest BCUT2D eigenvalue weighted by atomic mass is 9.98. The van der Waals surface area contributed by atoms with Crippen molar-refractivity contribution in [2.24, 2.45) is 0 Å². The molecule has 0 radical (unpaired) electrons. The van der Waals surface area contributed by atoms with Crippen LogP contribution in [0.5, 0.6) is 0 Å². The lowest BCUT2D eigenvalue weighted by molar-refractivity contribution is -0.170. The molecule has 1 atom stereocenters. The fourth-order valence-electron chi connectivity index (χ4n) is 4.09. The second-order valence-electron chi connectivity index (χ2n) is 9.09. The molecule has 35 heavy (non-hydrogen) atoms. The number of carboxylic acid groups (broad SMARTS) is 1. The van der Waals surface area contributed by atoms with E-state index < -0.39 is 42.1 Å². The van der Waals surface area contributed by atoms with Crippen LogP contribution in [-0.4, -0.2) is 47.4 Å². The number of carbonyl (C=O) groups is 3. The number of amides is 2. The second-order valence-corrected chi connectivity index (χ2v) is 9.09. The van der Waals surface area contributed by atoms with Crippen LogP contribution in [0.2, 0.25) is 0 Å². The number of hydrogen-bond donors (Lipinski definition) is 3. The lowest BCUT2D eigenvalue weighted by Gasteiger charge is -2.27. The maximum absolute atomic E-state index is 12.9. The number of ether oxygens (including phenoxy) is 1. The molecule has 0 bridgehead atoms. The number of rotatable bonds is 9. The van der Waals surface area contributed by atoms with Crippen molar-refractivity contribution in [3.63, 3.8) is 0 Å². The van der Waals surface area contributed by atoms with E-state index in [-0.39, 0.29) is 25.4 Å². The number of carboxylic acids is 1. The predicted molar refractivity (Wildman–Crippen MR) is 122 cm³/mol. The molecule has 0 heterocycles. The Kier molecular flexibility index (Phi) is 7.72. The van der Waals surface area contributed by atoms with Crippen molar-refractivity contribution in [2.45, 2.75) is 56.8 Å². The van der Waals surface area contributed by atoms with Crippen molar-refractivity contribution in [1.29, 1.82) is 0 Å². The molecule has 7 nitrogen and oxygen atoms in total. The normalized spacial score (nSPS) is 14.0. The van der Waals surface area contributed by atoms with Gasteiger partial charge in [-0.25, -0.2) is 4.79 Å². The molecule has 0 fully saturated rings. The molecule has 1 aliphatic rings. The summed E-state index contributed by atoms with van der Waals surface area (Å²) < 4.78 is 44.3. The maximum atomic E-state index is 12.9. The summed E-state index contributed by atoms with van der Waals surface area (Å²) in [5.41, 5.74) is 3.32. The minimum Gasteiger partial charge on any atom is -0.481 e. The van der Waals surface area contributed by atoms with Crippen LogP contribution in [0.4, 0.5) is 18.0 Å². The monoisotopic (exact) mass is 492 g/mol. The van der Waals surface area contributed by atoms with Crippen molar-refractivity contribution in [2.75, 3.05) is 6.61 Å². The lowest BCUT2D eigenvalue weighted by Crippen LogP contribution is -2.48. The van der Waals surface area contributed by atoms with Gasteiger partial charge in [0.05, 0.1) is 6.42 Å². The van der Waals surface area contributed by atoms with Crippen LogP contribution >= 0.6 is 0 Å². The van der Waals surface area contributed by atoms with Crippen molar-refractivity contribution in [3.05, 3.63) is 59.7 Å². The predicted octanol–water partition coefficient (Wildman–Crippen LogP) is 4.61. The molecule has 10 heteroatoms. The first-order valence-corrected chi connectivity index (χ1v) is 11.1. The Bertz CT molecular complexity index is 1060. The Hall–Kier alpha value is -3.56. The summed E-state index contributed by atoms with van der Waals surface area (Å²) in [5, 5.41) is 13.0. The van der Waals surface area contributed by atoms with Crippen molar-refractivity contribution in [1.82, 2.24) is 10.6 Å². The second kappa shape index (κ2) is 10.4. The van der Waals surface area contributed by atoms with Crippen LogP contribution in [0.3, 0.4) is 0 Å². The van der Waals surface area contributed by atoms with Gasteiger partial charge in [-0.05, 0) is 42.5 Å². The van der Waals surface area contributed by atoms with E-state index in [0.717, 1.165) is 22.3 Å². The molecule has 2 amide bonds. The third-order valence-corrected chi connectivity index (χ3v) is 5.87. The zero-order chi connectivity index (χ0) is 25.8. The van der Waals surface area contributed by atoms with Crippen molar-refractivity contribution < 1.29 is 37.4 Å². The minimum absolute atomic E-state index is 0.0146. The summed E-state index contributed by atoms with van der Waals surface area (Å²) in [5.74, 6) is -2.77. The molecule has 0 saturated heterocycles. The van der Waals surface area contributed by atoms with Gasteiger partial charge in [0, 0.05) is 17.9 Å². The largest absolute Gasteiger partial charge is 0.481 e. The standard InChI is InChI=1S/C25H27F3N2O5/c1-24(2,12-11-21(31)29-20(13-22(32)33)25(26,27)28)30-23(34)35-14-19-17-9-5-3-7-15(17)16-8-4-6-10-18(16)19/h3-10,19-20H,11-14H2,1-2H3,(H,29,31)(H,30,34)(H,32,33). The van der Waals surface area contributed by atoms with Crippen LogP contribution in [0.1, 0.15) is 50.2 Å². The Morgan fingerprint density at radius 1 is 1.00 bits per heavy atom. The fourth-order valence-corrected chi connectivity index (χ4v) is 4.09. The zero-order valence-electron chi connectivity index (χ0n) is 19.3. The third-order valence-electron chi connectivity index (χ3n) is 5.87. The fraction of sp³-hybridized carbons (Fsp3) is 0.400. The molecule has 3 rings (SSSR count). The van der Waals surface area contributed by atoms with Crippen LogP contribution in [0, 0.1) is 0 Å². The number of benzene rings is 2. The molecule has 1 unspecified atom stereocenters. The van der Waals surface area contributed by atoms with Gasteiger partial charge in [0.1, 0.15) is 12.6 Å². The van der Waals surface area contributed by atoms with E-state index in [1.165, 1.54) is 0 Å². The van der Waals surface area contributed by atoms with Crippen LogP contribution in [0.15, 0.2) is 48.5 Å². The number of fused-ring (bicyclic) bond motifs is 3. The van der Waals surface area contributed by atoms with Gasteiger partial charge in [-0.15, -0.1) is 0 Å². The summed E-state index contributed by atoms with van der Waals surface area (Å²) in [4.78, 5) is 35.1. The molecule has 1 aliphatic carbocycles. The SMILES string of the molecule is CC(C)(CCC(=O)NC(CC(=O)O)C(F)(F)F)NC(=O)OCC1c2ccccc2-c2ccccc21. The van der Waals surface area contributed by atoms with Gasteiger partial charge in [-0.2, -0.15) is 13.2 Å². The molecule has 188 valence electrons. The van der Waals surface area contributed by atoms with Gasteiger partial charge < -0.3 is 20.5 Å². The third kappa shape index (κ3) is 6.74. The summed E-state index contributed by atoms with van der Waals surface area (Å²) in [6.07, 6.45) is -7.19. The first-order valence-electron chi connectivity index (χ1n) is 11.1. The molecule has 0 spiro atoms. The van der Waals surface area contributed by atoms with E-state index in [1.54, 1.807) is 19.2 Å². The highest BCUT2D eigenvalue weighted by Gasteiger charge is 2.42. The summed E-state index contributed by atoms with van der Waals surface area (Å²) in [6, 6.07) is 13.3. The highest BCUT2D eigenvalue weighted by atomic mass is 19.4. The number of nitrogens with one attached hydrogen (secondary N) is 2. The Morgan fingerprint density at radius 2 is 1.54 bits per heavy atom. The highest BCUT2D eigenvalue weighted by Crippen LogP contribution is 2.44. The molecule has 0 aromatic heterocycles. The summed E-state index contributed by atoms with van der Waals surface area (Å²) in [7, 11) is 0. The maximum Gasteiger partial charge on any atom is 0.409 e.